The number of hydrogen-bond acceptors (Lipinski definition) is 3. The van der Waals surface area contributed by atoms with Crippen molar-refractivity contribution in [2.75, 3.05) is 0 Å². The molecule has 0 N–H and O–H groups in total. The number of nitro benzene ring substituents is 1. The van der Waals surface area contributed by atoms with E-state index < -0.39 is 0 Å². The SMILES string of the molecule is Cc1csc2c([N+](=O)[O-])cccc12. The van der Waals surface area contributed by atoms with Crippen LogP contribution in [0.4, 0.5) is 5.69 Å². The molecule has 4 heteroatoms. The summed E-state index contributed by atoms with van der Waals surface area (Å²) in [5.74, 6) is 0. The largest absolute Gasteiger partial charge is 0.287 e. The smallest absolute Gasteiger partial charge is 0.258 e. The predicted molar refractivity (Wildman–Crippen MR) is 53.2 cm³/mol. The van der Waals surface area contributed by atoms with Gasteiger partial charge in [0.25, 0.3) is 5.69 Å². The average molecular weight is 193 g/mol. The molecule has 3 nitrogen and oxygen atoms in total. The monoisotopic (exact) mass is 193 g/mol. The van der Waals surface area contributed by atoms with Crippen LogP contribution in [0.15, 0.2) is 23.6 Å². The Hall–Kier alpha value is -1.42. The molecule has 2 aromatic rings. The van der Waals surface area contributed by atoms with Gasteiger partial charge in [-0.15, -0.1) is 11.3 Å². The summed E-state index contributed by atoms with van der Waals surface area (Å²) in [6.07, 6.45) is 0. The van der Waals surface area contributed by atoms with Crippen molar-refractivity contribution < 1.29 is 4.92 Å². The number of non-ortho nitro benzene ring substituents is 1. The molecule has 66 valence electrons. The standard InChI is InChI=1S/C9H7NO2S/c1-6-5-13-9-7(6)3-2-4-8(9)10(11)12/h2-5H,1H3. The van der Waals surface area contributed by atoms with Crippen molar-refractivity contribution in [3.8, 4) is 0 Å². The molecule has 0 saturated heterocycles. The third kappa shape index (κ3) is 1.19. The van der Waals surface area contributed by atoms with Gasteiger partial charge in [-0.25, -0.2) is 0 Å². The first-order valence-corrected chi connectivity index (χ1v) is 4.69. The maximum atomic E-state index is 10.6. The number of hydrogen-bond donors (Lipinski definition) is 0. The van der Waals surface area contributed by atoms with Crippen molar-refractivity contribution >= 4 is 27.1 Å². The van der Waals surface area contributed by atoms with Gasteiger partial charge in [0.2, 0.25) is 0 Å². The van der Waals surface area contributed by atoms with E-state index in [0.717, 1.165) is 15.6 Å². The van der Waals surface area contributed by atoms with Crippen LogP contribution in [0.5, 0.6) is 0 Å². The highest BCUT2D eigenvalue weighted by Gasteiger charge is 2.13. The lowest BCUT2D eigenvalue weighted by Gasteiger charge is -1.92. The summed E-state index contributed by atoms with van der Waals surface area (Å²) in [4.78, 5) is 10.3. The van der Waals surface area contributed by atoms with Crippen LogP contribution >= 0.6 is 11.3 Å². The van der Waals surface area contributed by atoms with Gasteiger partial charge in [-0.1, -0.05) is 12.1 Å². The molecule has 0 aliphatic rings. The summed E-state index contributed by atoms with van der Waals surface area (Å²) < 4.78 is 0.769. The Morgan fingerprint density at radius 1 is 1.46 bits per heavy atom. The van der Waals surface area contributed by atoms with Gasteiger partial charge in [0, 0.05) is 11.5 Å². The van der Waals surface area contributed by atoms with Gasteiger partial charge in [0.1, 0.15) is 4.70 Å². The van der Waals surface area contributed by atoms with Gasteiger partial charge in [0.15, 0.2) is 0 Å². The number of thiophene rings is 1. The van der Waals surface area contributed by atoms with E-state index in [0.29, 0.717) is 0 Å². The van der Waals surface area contributed by atoms with Crippen molar-refractivity contribution in [3.63, 3.8) is 0 Å². The molecule has 0 amide bonds. The summed E-state index contributed by atoms with van der Waals surface area (Å²) >= 11 is 1.43. The summed E-state index contributed by atoms with van der Waals surface area (Å²) in [6.45, 7) is 1.96. The number of fused-ring (bicyclic) bond motifs is 1. The van der Waals surface area contributed by atoms with E-state index in [9.17, 15) is 10.1 Å². The van der Waals surface area contributed by atoms with E-state index in [1.54, 1.807) is 6.07 Å². The first-order valence-electron chi connectivity index (χ1n) is 3.81. The molecule has 0 fully saturated rings. The molecule has 13 heavy (non-hydrogen) atoms. The van der Waals surface area contributed by atoms with E-state index >= 15 is 0 Å². The van der Waals surface area contributed by atoms with Crippen LogP contribution in [0.1, 0.15) is 5.56 Å². The molecule has 0 saturated carbocycles. The Balaban J connectivity index is 2.84. The van der Waals surface area contributed by atoms with Crippen molar-refractivity contribution in [1.82, 2.24) is 0 Å². The Kier molecular flexibility index (Phi) is 1.77. The van der Waals surface area contributed by atoms with E-state index in [1.165, 1.54) is 17.4 Å². The number of benzene rings is 1. The van der Waals surface area contributed by atoms with Crippen molar-refractivity contribution in [2.45, 2.75) is 6.92 Å². The lowest BCUT2D eigenvalue weighted by atomic mass is 10.2. The van der Waals surface area contributed by atoms with Gasteiger partial charge < -0.3 is 0 Å². The maximum absolute atomic E-state index is 10.6. The zero-order valence-electron chi connectivity index (χ0n) is 6.98. The zero-order chi connectivity index (χ0) is 9.42. The quantitative estimate of drug-likeness (QED) is 0.516. The second kappa shape index (κ2) is 2.81. The first-order chi connectivity index (χ1) is 6.20. The van der Waals surface area contributed by atoms with Crippen LogP contribution in [0.2, 0.25) is 0 Å². The minimum absolute atomic E-state index is 0.204. The fraction of sp³-hybridized carbons (Fsp3) is 0.111. The Morgan fingerprint density at radius 2 is 2.23 bits per heavy atom. The molecule has 0 unspecified atom stereocenters. The van der Waals surface area contributed by atoms with Gasteiger partial charge >= 0.3 is 0 Å². The molecule has 0 aliphatic carbocycles. The molecule has 2 rings (SSSR count). The van der Waals surface area contributed by atoms with E-state index in [2.05, 4.69) is 0 Å². The van der Waals surface area contributed by atoms with Crippen molar-refractivity contribution in [2.24, 2.45) is 0 Å². The first kappa shape index (κ1) is 8.19. The lowest BCUT2D eigenvalue weighted by molar-refractivity contribution is -0.382. The molecule has 1 aromatic carbocycles. The van der Waals surface area contributed by atoms with Crippen LogP contribution in [0, 0.1) is 17.0 Å². The number of nitrogens with zero attached hydrogens (tertiary/aromatic N) is 1. The van der Waals surface area contributed by atoms with Crippen molar-refractivity contribution in [3.05, 3.63) is 39.3 Å². The lowest BCUT2D eigenvalue weighted by Crippen LogP contribution is -1.86. The topological polar surface area (TPSA) is 43.1 Å². The molecule has 0 spiro atoms. The summed E-state index contributed by atoms with van der Waals surface area (Å²) in [5.41, 5.74) is 1.30. The van der Waals surface area contributed by atoms with Crippen LogP contribution < -0.4 is 0 Å². The predicted octanol–water partition coefficient (Wildman–Crippen LogP) is 3.12. The van der Waals surface area contributed by atoms with Crippen LogP contribution in [0.3, 0.4) is 0 Å². The van der Waals surface area contributed by atoms with E-state index in [1.807, 2.05) is 18.4 Å². The number of nitro groups is 1. The molecule has 0 aliphatic heterocycles. The fourth-order valence-electron chi connectivity index (χ4n) is 1.31. The molecule has 1 aromatic heterocycles. The van der Waals surface area contributed by atoms with Gasteiger partial charge in [-0.05, 0) is 17.9 Å². The number of aryl methyl sites for hydroxylation is 1. The molecule has 0 bridgehead atoms. The van der Waals surface area contributed by atoms with Gasteiger partial charge in [-0.2, -0.15) is 0 Å². The normalized spacial score (nSPS) is 10.5. The molecular weight excluding hydrogens is 186 g/mol. The highest BCUT2D eigenvalue weighted by molar-refractivity contribution is 7.18. The minimum atomic E-state index is -0.335. The molecule has 1 heterocycles. The van der Waals surface area contributed by atoms with Crippen LogP contribution in [0.25, 0.3) is 10.1 Å². The Morgan fingerprint density at radius 3 is 2.92 bits per heavy atom. The Bertz CT molecular complexity index is 475. The van der Waals surface area contributed by atoms with Gasteiger partial charge in [0.05, 0.1) is 4.92 Å². The zero-order valence-corrected chi connectivity index (χ0v) is 7.80. The second-order valence-corrected chi connectivity index (χ2v) is 3.71. The van der Waals surface area contributed by atoms with E-state index in [-0.39, 0.29) is 10.6 Å². The maximum Gasteiger partial charge on any atom is 0.287 e. The molecule has 0 radical (unpaired) electrons. The average Bonchev–Trinajstić information content (AvgIpc) is 2.48. The highest BCUT2D eigenvalue weighted by Crippen LogP contribution is 2.32. The molecular formula is C9H7NO2S. The fourth-order valence-corrected chi connectivity index (χ4v) is 2.35. The van der Waals surface area contributed by atoms with Crippen molar-refractivity contribution in [1.29, 1.82) is 0 Å². The number of rotatable bonds is 1. The Labute approximate surface area is 78.8 Å². The highest BCUT2D eigenvalue weighted by atomic mass is 32.1. The van der Waals surface area contributed by atoms with Crippen LogP contribution in [-0.4, -0.2) is 4.92 Å². The second-order valence-electron chi connectivity index (χ2n) is 2.83. The van der Waals surface area contributed by atoms with E-state index in [4.69, 9.17) is 0 Å². The summed E-state index contributed by atoms with van der Waals surface area (Å²) in [7, 11) is 0. The summed E-state index contributed by atoms with van der Waals surface area (Å²) in [5, 5.41) is 13.6. The van der Waals surface area contributed by atoms with Gasteiger partial charge in [-0.3, -0.25) is 10.1 Å². The molecule has 0 atom stereocenters. The summed E-state index contributed by atoms with van der Waals surface area (Å²) in [6, 6.07) is 5.17. The third-order valence-electron chi connectivity index (χ3n) is 1.97. The minimum Gasteiger partial charge on any atom is -0.258 e. The van der Waals surface area contributed by atoms with Crippen LogP contribution in [-0.2, 0) is 0 Å². The third-order valence-corrected chi connectivity index (χ3v) is 3.11.